The van der Waals surface area contributed by atoms with Crippen LogP contribution in [0.2, 0.25) is 0 Å². The first-order chi connectivity index (χ1) is 12.3. The lowest BCUT2D eigenvalue weighted by atomic mass is 9.86. The van der Waals surface area contributed by atoms with E-state index in [1.54, 1.807) is 0 Å². The summed E-state index contributed by atoms with van der Waals surface area (Å²) in [6, 6.07) is 13.9. The monoisotopic (exact) mass is 355 g/mol. The summed E-state index contributed by atoms with van der Waals surface area (Å²) in [7, 11) is 0. The summed E-state index contributed by atoms with van der Waals surface area (Å²) in [5.74, 6) is 1.42. The fraction of sp³-hybridized carbons (Fsp3) is 0.409. The average Bonchev–Trinajstić information content (AvgIpc) is 2.55. The first kappa shape index (κ1) is 19.8. The van der Waals surface area contributed by atoms with E-state index in [9.17, 15) is 4.79 Å². The molecular formula is C22H29NO3. The molecular weight excluding hydrogens is 326 g/mol. The number of hydrogen-bond donors (Lipinski definition) is 1. The zero-order chi connectivity index (χ0) is 19.2. The topological polar surface area (TPSA) is 47.6 Å². The van der Waals surface area contributed by atoms with Gasteiger partial charge in [-0.15, -0.1) is 0 Å². The van der Waals surface area contributed by atoms with Gasteiger partial charge in [0.05, 0.1) is 6.54 Å². The summed E-state index contributed by atoms with van der Waals surface area (Å²) in [6.07, 6.45) is 0. The molecule has 1 amide bonds. The number of aryl methyl sites for hydroxylation is 2. The van der Waals surface area contributed by atoms with Crippen molar-refractivity contribution >= 4 is 5.91 Å². The van der Waals surface area contributed by atoms with Crippen LogP contribution in [-0.2, 0) is 10.2 Å². The maximum absolute atomic E-state index is 12.0. The third-order valence-corrected chi connectivity index (χ3v) is 3.94. The molecule has 0 heterocycles. The second-order valence-electron chi connectivity index (χ2n) is 7.56. The Morgan fingerprint density at radius 2 is 1.65 bits per heavy atom. The summed E-state index contributed by atoms with van der Waals surface area (Å²) >= 11 is 0. The van der Waals surface area contributed by atoms with Gasteiger partial charge in [0.15, 0.2) is 6.61 Å². The molecule has 2 rings (SSSR count). The highest BCUT2D eigenvalue weighted by Gasteiger charge is 2.18. The lowest BCUT2D eigenvalue weighted by molar-refractivity contribution is -0.123. The fourth-order valence-electron chi connectivity index (χ4n) is 2.78. The van der Waals surface area contributed by atoms with Crippen LogP contribution in [0.1, 0.15) is 37.5 Å². The van der Waals surface area contributed by atoms with Crippen molar-refractivity contribution in [1.29, 1.82) is 0 Å². The molecule has 0 aromatic heterocycles. The van der Waals surface area contributed by atoms with E-state index in [1.165, 1.54) is 0 Å². The van der Waals surface area contributed by atoms with Gasteiger partial charge >= 0.3 is 0 Å². The van der Waals surface area contributed by atoms with Gasteiger partial charge in [-0.05, 0) is 54.2 Å². The quantitative estimate of drug-likeness (QED) is 0.758. The van der Waals surface area contributed by atoms with Gasteiger partial charge in [0.2, 0.25) is 0 Å². The number of ether oxygens (including phenoxy) is 2. The van der Waals surface area contributed by atoms with Gasteiger partial charge in [0.1, 0.15) is 18.1 Å². The van der Waals surface area contributed by atoms with Crippen LogP contribution in [0.3, 0.4) is 0 Å². The molecule has 2 aromatic rings. The maximum atomic E-state index is 12.0. The lowest BCUT2D eigenvalue weighted by Gasteiger charge is -2.22. The molecule has 1 N–H and O–H groups in total. The fourth-order valence-corrected chi connectivity index (χ4v) is 2.78. The molecule has 4 heteroatoms. The lowest BCUT2D eigenvalue weighted by Crippen LogP contribution is -2.32. The number of para-hydroxylation sites is 1. The first-order valence-electron chi connectivity index (χ1n) is 8.96. The smallest absolute Gasteiger partial charge is 0.258 e. The Bertz CT molecular complexity index is 727. The molecule has 140 valence electrons. The predicted octanol–water partition coefficient (Wildman–Crippen LogP) is 4.17. The highest BCUT2D eigenvalue weighted by atomic mass is 16.5. The molecule has 4 nitrogen and oxygen atoms in total. The molecule has 0 saturated heterocycles. The van der Waals surface area contributed by atoms with Crippen LogP contribution >= 0.6 is 0 Å². The van der Waals surface area contributed by atoms with Gasteiger partial charge < -0.3 is 14.8 Å². The molecule has 26 heavy (non-hydrogen) atoms. The molecule has 0 unspecified atom stereocenters. The number of rotatable bonds is 7. The highest BCUT2D eigenvalue weighted by molar-refractivity contribution is 5.77. The third kappa shape index (κ3) is 6.10. The predicted molar refractivity (Wildman–Crippen MR) is 105 cm³/mol. The number of nitrogens with one attached hydrogen (secondary N) is 1. The van der Waals surface area contributed by atoms with E-state index < -0.39 is 0 Å². The Balaban J connectivity index is 1.76. The second-order valence-corrected chi connectivity index (χ2v) is 7.56. The minimum atomic E-state index is -0.155. The van der Waals surface area contributed by atoms with Gasteiger partial charge in [0.25, 0.3) is 5.91 Å². The summed E-state index contributed by atoms with van der Waals surface area (Å²) in [5.41, 5.74) is 3.38. The molecule has 0 radical (unpaired) electrons. The SMILES string of the molecule is Cc1cc(C)cc(OCCNC(=O)COc2ccccc2C(C)(C)C)c1. The van der Waals surface area contributed by atoms with Crippen LogP contribution in [0, 0.1) is 13.8 Å². The van der Waals surface area contributed by atoms with E-state index in [-0.39, 0.29) is 17.9 Å². The van der Waals surface area contributed by atoms with Crippen LogP contribution in [0.25, 0.3) is 0 Å². The zero-order valence-electron chi connectivity index (χ0n) is 16.4. The summed E-state index contributed by atoms with van der Waals surface area (Å²) in [6.45, 7) is 11.3. The molecule has 0 aliphatic carbocycles. The van der Waals surface area contributed by atoms with Gasteiger partial charge in [0, 0.05) is 0 Å². The van der Waals surface area contributed by atoms with Crippen LogP contribution in [0.15, 0.2) is 42.5 Å². The van der Waals surface area contributed by atoms with Crippen molar-refractivity contribution in [2.75, 3.05) is 19.8 Å². The minimum absolute atomic E-state index is 0.00333. The Morgan fingerprint density at radius 1 is 1.00 bits per heavy atom. The van der Waals surface area contributed by atoms with Gasteiger partial charge in [-0.1, -0.05) is 45.0 Å². The summed E-state index contributed by atoms with van der Waals surface area (Å²) < 4.78 is 11.4. The number of carbonyl (C=O) groups is 1. The van der Waals surface area contributed by atoms with Gasteiger partial charge in [-0.25, -0.2) is 0 Å². The van der Waals surface area contributed by atoms with E-state index in [0.29, 0.717) is 13.2 Å². The third-order valence-electron chi connectivity index (χ3n) is 3.94. The molecule has 0 spiro atoms. The standard InChI is InChI=1S/C22H29NO3/c1-16-12-17(2)14-18(13-16)25-11-10-23-21(24)15-26-20-9-7-6-8-19(20)22(3,4)5/h6-9,12-14H,10-11,15H2,1-5H3,(H,23,24). The summed E-state index contributed by atoms with van der Waals surface area (Å²) in [4.78, 5) is 12.0. The van der Waals surface area contributed by atoms with Crippen LogP contribution in [0.5, 0.6) is 11.5 Å². The number of benzene rings is 2. The van der Waals surface area contributed by atoms with Crippen LogP contribution < -0.4 is 14.8 Å². The molecule has 0 saturated carbocycles. The minimum Gasteiger partial charge on any atom is -0.492 e. The van der Waals surface area contributed by atoms with E-state index in [4.69, 9.17) is 9.47 Å². The Kier molecular flexibility index (Phi) is 6.67. The molecule has 0 fully saturated rings. The van der Waals surface area contributed by atoms with Crippen LogP contribution in [0.4, 0.5) is 0 Å². The molecule has 0 bridgehead atoms. The van der Waals surface area contributed by atoms with Crippen molar-refractivity contribution in [2.45, 2.75) is 40.0 Å². The highest BCUT2D eigenvalue weighted by Crippen LogP contribution is 2.30. The Labute approximate surface area is 156 Å². The maximum Gasteiger partial charge on any atom is 0.258 e. The first-order valence-corrected chi connectivity index (χ1v) is 8.96. The molecule has 0 atom stereocenters. The van der Waals surface area contributed by atoms with E-state index in [1.807, 2.05) is 50.2 Å². The Morgan fingerprint density at radius 3 is 2.31 bits per heavy atom. The zero-order valence-corrected chi connectivity index (χ0v) is 16.4. The van der Waals surface area contributed by atoms with Crippen molar-refractivity contribution < 1.29 is 14.3 Å². The number of carbonyl (C=O) groups excluding carboxylic acids is 1. The summed E-state index contributed by atoms with van der Waals surface area (Å²) in [5, 5.41) is 2.82. The van der Waals surface area contributed by atoms with Crippen molar-refractivity contribution in [3.63, 3.8) is 0 Å². The Hall–Kier alpha value is -2.49. The normalized spacial score (nSPS) is 11.1. The molecule has 2 aromatic carbocycles. The molecule has 0 aliphatic heterocycles. The largest absolute Gasteiger partial charge is 0.492 e. The molecule has 0 aliphatic rings. The van der Waals surface area contributed by atoms with Crippen molar-refractivity contribution in [3.05, 3.63) is 59.2 Å². The van der Waals surface area contributed by atoms with Crippen molar-refractivity contribution in [1.82, 2.24) is 5.32 Å². The number of amides is 1. The van der Waals surface area contributed by atoms with Crippen LogP contribution in [-0.4, -0.2) is 25.7 Å². The number of hydrogen-bond acceptors (Lipinski definition) is 3. The average molecular weight is 355 g/mol. The van der Waals surface area contributed by atoms with Gasteiger partial charge in [-0.3, -0.25) is 4.79 Å². The van der Waals surface area contributed by atoms with E-state index >= 15 is 0 Å². The van der Waals surface area contributed by atoms with Crippen molar-refractivity contribution in [2.24, 2.45) is 0 Å². The van der Waals surface area contributed by atoms with E-state index in [2.05, 4.69) is 32.2 Å². The van der Waals surface area contributed by atoms with Gasteiger partial charge in [-0.2, -0.15) is 0 Å². The van der Waals surface area contributed by atoms with Crippen molar-refractivity contribution in [3.8, 4) is 11.5 Å². The second kappa shape index (κ2) is 8.75. The van der Waals surface area contributed by atoms with E-state index in [0.717, 1.165) is 28.2 Å².